The van der Waals surface area contributed by atoms with Gasteiger partial charge in [0, 0.05) is 11.6 Å². The Kier molecular flexibility index (Phi) is 3.96. The molecule has 0 aliphatic heterocycles. The summed E-state index contributed by atoms with van der Waals surface area (Å²) in [7, 11) is 0. The zero-order valence-electron chi connectivity index (χ0n) is 10.5. The molecule has 3 nitrogen and oxygen atoms in total. The SMILES string of the molecule is NC(c1cccc(OC(F)(F)F)c1OC(F)(F)F)C1CC1. The standard InChI is InChI=1S/C12H11F6NO2/c13-11(14,15)20-8-3-1-2-7(9(19)6-4-5-6)10(8)21-12(16,17)18/h1-3,6,9H,4-5,19H2. The summed E-state index contributed by atoms with van der Waals surface area (Å²) in [6, 6.07) is 2.26. The summed E-state index contributed by atoms with van der Waals surface area (Å²) in [6.07, 6.45) is -8.87. The summed E-state index contributed by atoms with van der Waals surface area (Å²) in [4.78, 5) is 0. The summed E-state index contributed by atoms with van der Waals surface area (Å²) >= 11 is 0. The molecule has 1 aromatic rings. The van der Waals surface area contributed by atoms with Gasteiger partial charge >= 0.3 is 12.7 Å². The summed E-state index contributed by atoms with van der Waals surface area (Å²) in [6.45, 7) is 0. The first-order valence-corrected chi connectivity index (χ1v) is 5.97. The minimum atomic E-state index is -5.15. The lowest BCUT2D eigenvalue weighted by Crippen LogP contribution is -2.24. The number of alkyl halides is 6. The van der Waals surface area contributed by atoms with E-state index in [1.807, 2.05) is 0 Å². The second kappa shape index (κ2) is 5.28. The Morgan fingerprint density at radius 1 is 1.00 bits per heavy atom. The molecule has 1 aliphatic carbocycles. The maximum atomic E-state index is 12.4. The summed E-state index contributed by atoms with van der Waals surface area (Å²) in [5.41, 5.74) is 5.61. The van der Waals surface area contributed by atoms with Gasteiger partial charge in [-0.05, 0) is 24.8 Å². The molecule has 118 valence electrons. The van der Waals surface area contributed by atoms with E-state index >= 15 is 0 Å². The van der Waals surface area contributed by atoms with Crippen molar-refractivity contribution < 1.29 is 35.8 Å². The lowest BCUT2D eigenvalue weighted by atomic mass is 10.0. The minimum absolute atomic E-state index is 0.0679. The predicted molar refractivity (Wildman–Crippen MR) is 59.5 cm³/mol. The van der Waals surface area contributed by atoms with Gasteiger partial charge in [-0.2, -0.15) is 0 Å². The quantitative estimate of drug-likeness (QED) is 0.857. The number of para-hydroxylation sites is 1. The van der Waals surface area contributed by atoms with Crippen LogP contribution < -0.4 is 15.2 Å². The predicted octanol–water partition coefficient (Wildman–Crippen LogP) is 3.89. The van der Waals surface area contributed by atoms with Gasteiger partial charge in [-0.1, -0.05) is 12.1 Å². The Hall–Kier alpha value is -1.64. The Balaban J connectivity index is 2.41. The van der Waals surface area contributed by atoms with Crippen LogP contribution >= 0.6 is 0 Å². The van der Waals surface area contributed by atoms with Crippen LogP contribution in [-0.2, 0) is 0 Å². The maximum absolute atomic E-state index is 12.4. The van der Waals surface area contributed by atoms with E-state index in [-0.39, 0.29) is 11.5 Å². The van der Waals surface area contributed by atoms with Crippen molar-refractivity contribution in [1.82, 2.24) is 0 Å². The number of benzene rings is 1. The van der Waals surface area contributed by atoms with E-state index in [1.54, 1.807) is 0 Å². The van der Waals surface area contributed by atoms with Gasteiger partial charge in [0.1, 0.15) is 0 Å². The van der Waals surface area contributed by atoms with E-state index < -0.39 is 30.3 Å². The summed E-state index contributed by atoms with van der Waals surface area (Å²) in [5, 5.41) is 0. The molecule has 0 aromatic heterocycles. The average Bonchev–Trinajstić information content (AvgIpc) is 3.10. The zero-order chi connectivity index (χ0) is 15.8. The van der Waals surface area contributed by atoms with Crippen LogP contribution in [0.4, 0.5) is 26.3 Å². The second-order valence-corrected chi connectivity index (χ2v) is 4.63. The van der Waals surface area contributed by atoms with Gasteiger partial charge in [-0.3, -0.25) is 0 Å². The third-order valence-corrected chi connectivity index (χ3v) is 2.94. The van der Waals surface area contributed by atoms with E-state index in [4.69, 9.17) is 5.73 Å². The molecule has 1 saturated carbocycles. The van der Waals surface area contributed by atoms with Crippen LogP contribution in [0.1, 0.15) is 24.4 Å². The molecule has 21 heavy (non-hydrogen) atoms. The van der Waals surface area contributed by atoms with Gasteiger partial charge in [0.25, 0.3) is 0 Å². The van der Waals surface area contributed by atoms with Crippen molar-refractivity contribution in [1.29, 1.82) is 0 Å². The van der Waals surface area contributed by atoms with E-state index in [2.05, 4.69) is 9.47 Å². The van der Waals surface area contributed by atoms with Gasteiger partial charge in [-0.25, -0.2) is 0 Å². The van der Waals surface area contributed by atoms with Crippen molar-refractivity contribution in [3.8, 4) is 11.5 Å². The second-order valence-electron chi connectivity index (χ2n) is 4.63. The third-order valence-electron chi connectivity index (χ3n) is 2.94. The number of hydrogen-bond acceptors (Lipinski definition) is 3. The van der Waals surface area contributed by atoms with E-state index in [0.717, 1.165) is 12.1 Å². The highest BCUT2D eigenvalue weighted by Gasteiger charge is 2.40. The lowest BCUT2D eigenvalue weighted by Gasteiger charge is -2.21. The number of hydrogen-bond donors (Lipinski definition) is 1. The Morgan fingerprint density at radius 3 is 2.05 bits per heavy atom. The fourth-order valence-corrected chi connectivity index (χ4v) is 1.93. The van der Waals surface area contributed by atoms with Gasteiger partial charge in [0.15, 0.2) is 11.5 Å². The Bertz CT molecular complexity index is 509. The fourth-order valence-electron chi connectivity index (χ4n) is 1.93. The van der Waals surface area contributed by atoms with Crippen molar-refractivity contribution in [2.45, 2.75) is 31.6 Å². The number of halogens is 6. The molecule has 1 aromatic carbocycles. The molecule has 0 heterocycles. The first-order chi connectivity index (χ1) is 9.57. The van der Waals surface area contributed by atoms with Crippen molar-refractivity contribution in [3.05, 3.63) is 23.8 Å². The molecule has 0 radical (unpaired) electrons. The smallest absolute Gasteiger partial charge is 0.402 e. The minimum Gasteiger partial charge on any atom is -0.402 e. The number of rotatable bonds is 4. The normalized spacial score (nSPS) is 17.5. The molecule has 2 N–H and O–H groups in total. The molecule has 1 unspecified atom stereocenters. The zero-order valence-corrected chi connectivity index (χ0v) is 10.5. The molecule has 1 atom stereocenters. The fraction of sp³-hybridized carbons (Fsp3) is 0.500. The molecule has 0 bridgehead atoms. The molecule has 9 heteroatoms. The first-order valence-electron chi connectivity index (χ1n) is 5.97. The van der Waals surface area contributed by atoms with Crippen molar-refractivity contribution >= 4 is 0 Å². The third kappa shape index (κ3) is 4.42. The van der Waals surface area contributed by atoms with E-state index in [0.29, 0.717) is 12.8 Å². The number of ether oxygens (including phenoxy) is 2. The van der Waals surface area contributed by atoms with Gasteiger partial charge in [0.05, 0.1) is 0 Å². The highest BCUT2D eigenvalue weighted by Crippen LogP contribution is 2.46. The summed E-state index contributed by atoms with van der Waals surface area (Å²) in [5.74, 6) is -2.17. The molecule has 0 spiro atoms. The molecule has 0 amide bonds. The van der Waals surface area contributed by atoms with Crippen LogP contribution in [0.2, 0.25) is 0 Å². The van der Waals surface area contributed by atoms with Gasteiger partial charge < -0.3 is 15.2 Å². The monoisotopic (exact) mass is 315 g/mol. The van der Waals surface area contributed by atoms with Crippen LogP contribution in [0, 0.1) is 5.92 Å². The summed E-state index contributed by atoms with van der Waals surface area (Å²) < 4.78 is 81.3. The maximum Gasteiger partial charge on any atom is 0.573 e. The highest BCUT2D eigenvalue weighted by molar-refractivity contribution is 5.48. The van der Waals surface area contributed by atoms with Crippen molar-refractivity contribution in [2.75, 3.05) is 0 Å². The molecule has 0 saturated heterocycles. The van der Waals surface area contributed by atoms with Crippen LogP contribution in [0.25, 0.3) is 0 Å². The van der Waals surface area contributed by atoms with E-state index in [9.17, 15) is 26.3 Å². The van der Waals surface area contributed by atoms with Gasteiger partial charge in [0.2, 0.25) is 0 Å². The average molecular weight is 315 g/mol. The Labute approximate surface area is 115 Å². The molecule has 1 aliphatic rings. The highest BCUT2D eigenvalue weighted by atomic mass is 19.4. The van der Waals surface area contributed by atoms with E-state index in [1.165, 1.54) is 6.07 Å². The van der Waals surface area contributed by atoms with Crippen LogP contribution in [0.3, 0.4) is 0 Å². The van der Waals surface area contributed by atoms with Gasteiger partial charge in [-0.15, -0.1) is 26.3 Å². The van der Waals surface area contributed by atoms with Crippen LogP contribution in [0.15, 0.2) is 18.2 Å². The largest absolute Gasteiger partial charge is 0.573 e. The van der Waals surface area contributed by atoms with Crippen LogP contribution in [0.5, 0.6) is 11.5 Å². The molecule has 2 rings (SSSR count). The first kappa shape index (κ1) is 15.7. The Morgan fingerprint density at radius 2 is 1.57 bits per heavy atom. The number of nitrogens with two attached hydrogens (primary N) is 1. The van der Waals surface area contributed by atoms with Crippen molar-refractivity contribution in [3.63, 3.8) is 0 Å². The molecular formula is C12H11F6NO2. The molecule has 1 fully saturated rings. The van der Waals surface area contributed by atoms with Crippen LogP contribution in [-0.4, -0.2) is 12.7 Å². The van der Waals surface area contributed by atoms with Crippen molar-refractivity contribution in [2.24, 2.45) is 11.7 Å². The lowest BCUT2D eigenvalue weighted by molar-refractivity contribution is -0.287. The molecular weight excluding hydrogens is 304 g/mol. The topological polar surface area (TPSA) is 44.5 Å².